The third kappa shape index (κ3) is 5.41. The van der Waals surface area contributed by atoms with Crippen molar-refractivity contribution in [1.82, 2.24) is 24.3 Å². The van der Waals surface area contributed by atoms with Gasteiger partial charge in [0.2, 0.25) is 0 Å². The van der Waals surface area contributed by atoms with Crippen molar-refractivity contribution >= 4 is 29.2 Å². The smallest absolute Gasteiger partial charge is 0.290 e. The topological polar surface area (TPSA) is 56.0 Å². The van der Waals surface area contributed by atoms with E-state index in [0.717, 1.165) is 18.3 Å². The third-order valence-corrected chi connectivity index (χ3v) is 5.90. The van der Waals surface area contributed by atoms with Crippen molar-refractivity contribution < 1.29 is 26.3 Å². The maximum absolute atomic E-state index is 13.1. The van der Waals surface area contributed by atoms with Gasteiger partial charge < -0.3 is 0 Å². The molecule has 0 saturated heterocycles. The summed E-state index contributed by atoms with van der Waals surface area (Å²) in [5, 5.41) is -0.241. The van der Waals surface area contributed by atoms with Gasteiger partial charge in [-0.15, -0.1) is 11.8 Å². The minimum Gasteiger partial charge on any atom is -0.290 e. The van der Waals surface area contributed by atoms with E-state index in [1.165, 1.54) is 34.8 Å². The third-order valence-electron chi connectivity index (χ3n) is 4.32. The molecule has 0 radical (unpaired) electrons. The van der Waals surface area contributed by atoms with Crippen molar-refractivity contribution in [3.05, 3.63) is 54.7 Å². The molecule has 0 spiro atoms. The van der Waals surface area contributed by atoms with E-state index in [1.54, 1.807) is 12.3 Å². The predicted molar refractivity (Wildman–Crippen MR) is 113 cm³/mol. The molecular weight excluding hydrogens is 488 g/mol. The Morgan fingerprint density at radius 3 is 2.45 bits per heavy atom. The van der Waals surface area contributed by atoms with Crippen molar-refractivity contribution in [2.24, 2.45) is 0 Å². The molecule has 0 aliphatic rings. The van der Waals surface area contributed by atoms with Gasteiger partial charge in [-0.2, -0.15) is 26.3 Å². The number of hydrogen-bond donors (Lipinski definition) is 0. The fourth-order valence-electron chi connectivity index (χ4n) is 2.97. The molecule has 0 unspecified atom stereocenters. The molecule has 0 aliphatic heterocycles. The van der Waals surface area contributed by atoms with Crippen LogP contribution in [0.4, 0.5) is 26.3 Å². The van der Waals surface area contributed by atoms with E-state index in [-0.39, 0.29) is 28.1 Å². The number of nitrogens with zero attached hydrogens (tertiary/aromatic N) is 5. The van der Waals surface area contributed by atoms with Crippen LogP contribution in [0, 0.1) is 0 Å². The van der Waals surface area contributed by atoms with E-state index in [1.807, 2.05) is 6.92 Å². The van der Waals surface area contributed by atoms with Crippen LogP contribution in [0.1, 0.15) is 12.5 Å². The monoisotopic (exact) mass is 501 g/mol. The first-order chi connectivity index (χ1) is 15.5. The van der Waals surface area contributed by atoms with E-state index in [4.69, 9.17) is 0 Å². The highest BCUT2D eigenvalue weighted by atomic mass is 32.2. The minimum atomic E-state index is -4.50. The summed E-state index contributed by atoms with van der Waals surface area (Å²) in [4.78, 5) is 17.2. The van der Waals surface area contributed by atoms with E-state index in [9.17, 15) is 26.3 Å². The molecule has 172 valence electrons. The number of fused-ring (bicyclic) bond motifs is 1. The van der Waals surface area contributed by atoms with Crippen LogP contribution in [0.5, 0.6) is 0 Å². The van der Waals surface area contributed by atoms with Crippen LogP contribution in [-0.4, -0.2) is 35.6 Å². The van der Waals surface area contributed by atoms with Crippen LogP contribution in [0.15, 0.2) is 59.1 Å². The van der Waals surface area contributed by atoms with Crippen LogP contribution in [0.25, 0.3) is 28.3 Å². The lowest BCUT2D eigenvalue weighted by atomic mass is 10.1. The van der Waals surface area contributed by atoms with Gasteiger partial charge in [0.05, 0.1) is 11.3 Å². The molecule has 0 N–H and O–H groups in total. The van der Waals surface area contributed by atoms with E-state index < -0.39 is 17.2 Å². The van der Waals surface area contributed by atoms with Crippen LogP contribution in [0.3, 0.4) is 0 Å². The number of rotatable bonds is 5. The fourth-order valence-corrected chi connectivity index (χ4v) is 4.29. The number of alkyl halides is 6. The van der Waals surface area contributed by atoms with E-state index in [0.29, 0.717) is 27.6 Å². The van der Waals surface area contributed by atoms with Crippen LogP contribution in [0.2, 0.25) is 0 Å². The predicted octanol–water partition coefficient (Wildman–Crippen LogP) is 6.60. The van der Waals surface area contributed by atoms with E-state index >= 15 is 0 Å². The van der Waals surface area contributed by atoms with Crippen molar-refractivity contribution in [2.45, 2.75) is 28.5 Å². The number of pyridine rings is 2. The van der Waals surface area contributed by atoms with Gasteiger partial charge in [-0.05, 0) is 24.0 Å². The summed E-state index contributed by atoms with van der Waals surface area (Å²) in [5.41, 5.74) is -3.67. The number of halogens is 6. The normalized spacial score (nSPS) is 12.5. The number of imidazole rings is 1. The first-order valence-electron chi connectivity index (χ1n) is 9.31. The lowest BCUT2D eigenvalue weighted by Gasteiger charge is -2.10. The molecule has 4 aromatic rings. The lowest BCUT2D eigenvalue weighted by molar-refractivity contribution is -0.137. The molecule has 5 nitrogen and oxygen atoms in total. The molecule has 0 saturated carbocycles. The summed E-state index contributed by atoms with van der Waals surface area (Å²) in [5.74, 6) is 0.648. The van der Waals surface area contributed by atoms with Crippen LogP contribution < -0.4 is 0 Å². The van der Waals surface area contributed by atoms with Crippen molar-refractivity contribution in [3.8, 4) is 22.6 Å². The van der Waals surface area contributed by atoms with Crippen LogP contribution in [-0.2, 0) is 6.18 Å². The average molecular weight is 501 g/mol. The molecule has 0 atom stereocenters. The van der Waals surface area contributed by atoms with Gasteiger partial charge >= 0.3 is 11.7 Å². The largest absolute Gasteiger partial charge is 0.447 e. The Morgan fingerprint density at radius 1 is 0.970 bits per heavy atom. The Balaban J connectivity index is 1.73. The van der Waals surface area contributed by atoms with Gasteiger partial charge in [-0.25, -0.2) is 9.97 Å². The first kappa shape index (κ1) is 23.4. The second-order valence-corrected chi connectivity index (χ2v) is 8.99. The van der Waals surface area contributed by atoms with Crippen molar-refractivity contribution in [2.75, 3.05) is 5.75 Å². The summed E-state index contributed by atoms with van der Waals surface area (Å²) in [6.45, 7) is 1.90. The number of hydrogen-bond acceptors (Lipinski definition) is 6. The molecule has 13 heteroatoms. The summed E-state index contributed by atoms with van der Waals surface area (Å²) < 4.78 is 78.6. The zero-order valence-corrected chi connectivity index (χ0v) is 18.3. The highest BCUT2D eigenvalue weighted by Gasteiger charge is 2.31. The standard InChI is InChI=1S/C20H13F6N5S2/c1-2-32-15-5-11(13-6-12(3-4-27-13)19(21,22)23)8-28-18(15)14-9-31-10-29-17(7-16(31)30-14)33-20(24,25)26/h3-10H,2H2,1H3. The highest BCUT2D eigenvalue weighted by molar-refractivity contribution is 8.00. The Hall–Kier alpha value is -2.80. The Kier molecular flexibility index (Phi) is 6.27. The molecule has 4 heterocycles. The Bertz CT molecular complexity index is 1300. The summed E-state index contributed by atoms with van der Waals surface area (Å²) in [6.07, 6.45) is 0.789. The second kappa shape index (κ2) is 8.86. The molecule has 0 fully saturated rings. The maximum atomic E-state index is 13.1. The zero-order valence-electron chi connectivity index (χ0n) is 16.6. The van der Waals surface area contributed by atoms with Gasteiger partial charge in [0.25, 0.3) is 0 Å². The van der Waals surface area contributed by atoms with Crippen LogP contribution >= 0.6 is 23.5 Å². The maximum Gasteiger partial charge on any atom is 0.447 e. The molecule has 4 aromatic heterocycles. The quantitative estimate of drug-likeness (QED) is 0.175. The minimum absolute atomic E-state index is 0.120. The Labute approximate surface area is 191 Å². The molecular formula is C20H13F6N5S2. The van der Waals surface area contributed by atoms with Gasteiger partial charge in [0, 0.05) is 46.9 Å². The van der Waals surface area contributed by atoms with E-state index in [2.05, 4.69) is 19.9 Å². The summed E-state index contributed by atoms with van der Waals surface area (Å²) >= 11 is 1.07. The molecule has 0 aromatic carbocycles. The molecule has 33 heavy (non-hydrogen) atoms. The zero-order chi connectivity index (χ0) is 23.8. The molecule has 0 aliphatic carbocycles. The van der Waals surface area contributed by atoms with Gasteiger partial charge in [0.1, 0.15) is 28.4 Å². The highest BCUT2D eigenvalue weighted by Crippen LogP contribution is 2.37. The van der Waals surface area contributed by atoms with Gasteiger partial charge in [-0.3, -0.25) is 14.4 Å². The number of aromatic nitrogens is 5. The summed E-state index contributed by atoms with van der Waals surface area (Å²) in [7, 11) is 0. The molecule has 0 amide bonds. The lowest BCUT2D eigenvalue weighted by Crippen LogP contribution is -2.05. The number of thioether (sulfide) groups is 2. The SMILES string of the molecule is CCSc1cc(-c2cc(C(F)(F)F)ccn2)cnc1-c1cn2cnc(SC(F)(F)F)cc2n1. The van der Waals surface area contributed by atoms with Gasteiger partial charge in [-0.1, -0.05) is 6.92 Å². The summed E-state index contributed by atoms with van der Waals surface area (Å²) in [6, 6.07) is 4.73. The Morgan fingerprint density at radius 2 is 1.76 bits per heavy atom. The van der Waals surface area contributed by atoms with Crippen molar-refractivity contribution in [1.29, 1.82) is 0 Å². The molecule has 0 bridgehead atoms. The average Bonchev–Trinajstić information content (AvgIpc) is 3.15. The first-order valence-corrected chi connectivity index (χ1v) is 11.1. The second-order valence-electron chi connectivity index (χ2n) is 6.60. The van der Waals surface area contributed by atoms with Crippen molar-refractivity contribution in [3.63, 3.8) is 0 Å². The fraction of sp³-hybridized carbons (Fsp3) is 0.200. The molecule has 4 rings (SSSR count). The van der Waals surface area contributed by atoms with Gasteiger partial charge in [0.15, 0.2) is 0 Å².